The van der Waals surface area contributed by atoms with Crippen molar-refractivity contribution in [1.82, 2.24) is 4.98 Å². The lowest BCUT2D eigenvalue weighted by Gasteiger charge is -2.24. The summed E-state index contributed by atoms with van der Waals surface area (Å²) in [6.07, 6.45) is 6.99. The molecule has 0 saturated heterocycles. The Kier molecular flexibility index (Phi) is 2.91. The van der Waals surface area contributed by atoms with Gasteiger partial charge in [-0.15, -0.1) is 0 Å². The molecule has 0 spiro atoms. The number of rotatable bonds is 3. The minimum atomic E-state index is 0.728. The Bertz CT molecular complexity index is 486. The first-order valence-electron chi connectivity index (χ1n) is 6.40. The molecule has 1 heteroatoms. The molecule has 0 unspecified atom stereocenters. The van der Waals surface area contributed by atoms with Gasteiger partial charge in [0.15, 0.2) is 0 Å². The van der Waals surface area contributed by atoms with Crippen molar-refractivity contribution < 1.29 is 0 Å². The number of pyridine rings is 1. The normalized spacial score (nSPS) is 15.5. The maximum atomic E-state index is 4.50. The zero-order valence-electron chi connectivity index (χ0n) is 9.97. The molecule has 0 radical (unpaired) electrons. The van der Waals surface area contributed by atoms with Crippen LogP contribution in [0.3, 0.4) is 0 Å². The third kappa shape index (κ3) is 2.38. The van der Waals surface area contributed by atoms with Crippen LogP contribution >= 0.6 is 0 Å². The maximum absolute atomic E-state index is 4.50. The molecular weight excluding hydrogens is 206 g/mol. The van der Waals surface area contributed by atoms with Crippen LogP contribution in [0.4, 0.5) is 0 Å². The van der Waals surface area contributed by atoms with E-state index in [2.05, 4.69) is 47.4 Å². The van der Waals surface area contributed by atoms with Crippen molar-refractivity contribution in [3.63, 3.8) is 0 Å². The minimum absolute atomic E-state index is 0.728. The second-order valence-electron chi connectivity index (χ2n) is 4.88. The van der Waals surface area contributed by atoms with Gasteiger partial charge in [0.1, 0.15) is 0 Å². The number of aromatic nitrogens is 1. The van der Waals surface area contributed by atoms with E-state index in [0.717, 1.165) is 12.3 Å². The number of nitrogens with zero attached hydrogens (tertiary/aromatic N) is 1. The molecule has 0 amide bonds. The standard InChI is InChI=1S/C16H17N/c1-2-5-13(6-3-1)11-14-9-10-17-16(12-14)15-7-4-8-15/h1-3,5-6,9-10,12,15H,4,7-8,11H2. The van der Waals surface area contributed by atoms with Crippen molar-refractivity contribution in [2.45, 2.75) is 31.6 Å². The van der Waals surface area contributed by atoms with Crippen LogP contribution in [-0.2, 0) is 6.42 Å². The molecule has 86 valence electrons. The lowest BCUT2D eigenvalue weighted by Crippen LogP contribution is -2.10. The Morgan fingerprint density at radius 2 is 1.82 bits per heavy atom. The van der Waals surface area contributed by atoms with E-state index in [9.17, 15) is 0 Å². The molecular formula is C16H17N. The average Bonchev–Trinajstić information content (AvgIpc) is 2.28. The summed E-state index contributed by atoms with van der Waals surface area (Å²) in [5, 5.41) is 0. The second-order valence-corrected chi connectivity index (χ2v) is 4.88. The molecule has 1 aromatic carbocycles. The largest absolute Gasteiger partial charge is 0.261 e. The van der Waals surface area contributed by atoms with Crippen molar-refractivity contribution in [2.24, 2.45) is 0 Å². The fourth-order valence-electron chi connectivity index (χ4n) is 2.36. The first-order valence-corrected chi connectivity index (χ1v) is 6.40. The van der Waals surface area contributed by atoms with Crippen molar-refractivity contribution in [1.29, 1.82) is 0 Å². The van der Waals surface area contributed by atoms with Crippen LogP contribution in [0.15, 0.2) is 48.7 Å². The SMILES string of the molecule is c1ccc(Cc2ccnc(C3CCC3)c2)cc1. The van der Waals surface area contributed by atoms with Gasteiger partial charge in [0.25, 0.3) is 0 Å². The Balaban J connectivity index is 1.79. The number of hydrogen-bond acceptors (Lipinski definition) is 1. The minimum Gasteiger partial charge on any atom is -0.261 e. The van der Waals surface area contributed by atoms with Gasteiger partial charge >= 0.3 is 0 Å². The summed E-state index contributed by atoms with van der Waals surface area (Å²) in [7, 11) is 0. The van der Waals surface area contributed by atoms with Crippen molar-refractivity contribution in [3.05, 3.63) is 65.5 Å². The topological polar surface area (TPSA) is 12.9 Å². The summed E-state index contributed by atoms with van der Waals surface area (Å²) in [5.41, 5.74) is 4.05. The van der Waals surface area contributed by atoms with Gasteiger partial charge in [0, 0.05) is 17.8 Å². The molecule has 0 atom stereocenters. The quantitative estimate of drug-likeness (QED) is 0.768. The molecule has 0 aliphatic heterocycles. The fraction of sp³-hybridized carbons (Fsp3) is 0.312. The summed E-state index contributed by atoms with van der Waals surface area (Å²) in [5.74, 6) is 0.728. The first-order chi connectivity index (χ1) is 8.42. The zero-order chi connectivity index (χ0) is 11.5. The first kappa shape index (κ1) is 10.5. The van der Waals surface area contributed by atoms with Crippen molar-refractivity contribution in [2.75, 3.05) is 0 Å². The number of hydrogen-bond donors (Lipinski definition) is 0. The second kappa shape index (κ2) is 4.70. The lowest BCUT2D eigenvalue weighted by molar-refractivity contribution is 0.411. The molecule has 2 aromatic rings. The van der Waals surface area contributed by atoms with E-state index in [0.29, 0.717) is 0 Å². The van der Waals surface area contributed by atoms with Gasteiger partial charge in [-0.2, -0.15) is 0 Å². The predicted molar refractivity (Wildman–Crippen MR) is 70.1 cm³/mol. The third-order valence-corrected chi connectivity index (χ3v) is 3.62. The van der Waals surface area contributed by atoms with Gasteiger partial charge in [-0.1, -0.05) is 36.8 Å². The highest BCUT2D eigenvalue weighted by atomic mass is 14.7. The molecule has 1 fully saturated rings. The van der Waals surface area contributed by atoms with E-state index in [1.807, 2.05) is 6.20 Å². The molecule has 1 aliphatic carbocycles. The smallest absolute Gasteiger partial charge is 0.0437 e. The fourth-order valence-corrected chi connectivity index (χ4v) is 2.36. The molecule has 1 aromatic heterocycles. The number of benzene rings is 1. The van der Waals surface area contributed by atoms with Gasteiger partial charge in [-0.05, 0) is 42.5 Å². The maximum Gasteiger partial charge on any atom is 0.0437 e. The van der Waals surface area contributed by atoms with E-state index in [1.54, 1.807) is 0 Å². The highest BCUT2D eigenvalue weighted by Crippen LogP contribution is 2.35. The molecule has 1 heterocycles. The summed E-state index contributed by atoms with van der Waals surface area (Å²) >= 11 is 0. The van der Waals surface area contributed by atoms with Crippen LogP contribution in [0.25, 0.3) is 0 Å². The summed E-state index contributed by atoms with van der Waals surface area (Å²) in [4.78, 5) is 4.50. The van der Waals surface area contributed by atoms with Gasteiger partial charge in [-0.3, -0.25) is 4.98 Å². The highest BCUT2D eigenvalue weighted by Gasteiger charge is 2.20. The lowest BCUT2D eigenvalue weighted by atomic mass is 9.82. The molecule has 1 aliphatic rings. The van der Waals surface area contributed by atoms with Crippen LogP contribution in [-0.4, -0.2) is 4.98 Å². The van der Waals surface area contributed by atoms with Gasteiger partial charge < -0.3 is 0 Å². The van der Waals surface area contributed by atoms with Crippen LogP contribution in [0.1, 0.15) is 42.0 Å². The summed E-state index contributed by atoms with van der Waals surface area (Å²) in [6.45, 7) is 0. The van der Waals surface area contributed by atoms with Crippen LogP contribution in [0.2, 0.25) is 0 Å². The monoisotopic (exact) mass is 223 g/mol. The van der Waals surface area contributed by atoms with Crippen LogP contribution < -0.4 is 0 Å². The summed E-state index contributed by atoms with van der Waals surface area (Å²) in [6, 6.07) is 15.1. The van der Waals surface area contributed by atoms with E-state index in [1.165, 1.54) is 36.1 Å². The average molecular weight is 223 g/mol. The molecule has 17 heavy (non-hydrogen) atoms. The zero-order valence-corrected chi connectivity index (χ0v) is 9.97. The Hall–Kier alpha value is -1.63. The van der Waals surface area contributed by atoms with Crippen molar-refractivity contribution >= 4 is 0 Å². The van der Waals surface area contributed by atoms with Gasteiger partial charge in [0.05, 0.1) is 0 Å². The molecule has 1 saturated carbocycles. The van der Waals surface area contributed by atoms with Crippen molar-refractivity contribution in [3.8, 4) is 0 Å². The van der Waals surface area contributed by atoms with E-state index in [4.69, 9.17) is 0 Å². The van der Waals surface area contributed by atoms with Crippen LogP contribution in [0.5, 0.6) is 0 Å². The molecule has 0 N–H and O–H groups in total. The molecule has 1 nitrogen and oxygen atoms in total. The van der Waals surface area contributed by atoms with E-state index in [-0.39, 0.29) is 0 Å². The highest BCUT2D eigenvalue weighted by molar-refractivity contribution is 5.27. The Morgan fingerprint density at radius 1 is 1.00 bits per heavy atom. The Labute approximate surface area is 103 Å². The van der Waals surface area contributed by atoms with Gasteiger partial charge in [-0.25, -0.2) is 0 Å². The van der Waals surface area contributed by atoms with E-state index >= 15 is 0 Å². The molecule has 0 bridgehead atoms. The summed E-state index contributed by atoms with van der Waals surface area (Å²) < 4.78 is 0. The van der Waals surface area contributed by atoms with Crippen LogP contribution in [0, 0.1) is 0 Å². The van der Waals surface area contributed by atoms with E-state index < -0.39 is 0 Å². The molecule has 3 rings (SSSR count). The Morgan fingerprint density at radius 3 is 2.53 bits per heavy atom. The van der Waals surface area contributed by atoms with Gasteiger partial charge in [0.2, 0.25) is 0 Å². The predicted octanol–water partition coefficient (Wildman–Crippen LogP) is 3.94. The third-order valence-electron chi connectivity index (χ3n) is 3.62.